The molecule has 29 heavy (non-hydrogen) atoms. The first kappa shape index (κ1) is 21.5. The topological polar surface area (TPSA) is 18.5 Å². The fraction of sp³-hybridized carbons (Fsp3) is 0.481. The molecular formula is C27H34O2. The lowest BCUT2D eigenvalue weighted by Gasteiger charge is -2.31. The number of aryl methyl sites for hydroxylation is 1. The van der Waals surface area contributed by atoms with Crippen LogP contribution in [0.4, 0.5) is 0 Å². The van der Waals surface area contributed by atoms with Gasteiger partial charge in [0.25, 0.3) is 0 Å². The zero-order valence-corrected chi connectivity index (χ0v) is 18.7. The number of ether oxygens (including phenoxy) is 2. The van der Waals surface area contributed by atoms with Crippen molar-refractivity contribution in [3.05, 3.63) is 82.2 Å². The minimum atomic E-state index is 0.0104. The van der Waals surface area contributed by atoms with E-state index in [1.807, 2.05) is 12.1 Å². The van der Waals surface area contributed by atoms with E-state index in [1.54, 1.807) is 0 Å². The quantitative estimate of drug-likeness (QED) is 0.527. The summed E-state index contributed by atoms with van der Waals surface area (Å²) in [5.74, 6) is 2.31. The molecule has 1 aromatic carbocycles. The van der Waals surface area contributed by atoms with Crippen LogP contribution in [0, 0.1) is 36.8 Å². The van der Waals surface area contributed by atoms with Crippen LogP contribution in [-0.4, -0.2) is 12.7 Å². The molecule has 3 rings (SSSR count). The average molecular weight is 391 g/mol. The van der Waals surface area contributed by atoms with Gasteiger partial charge in [-0.1, -0.05) is 57.6 Å². The second-order valence-electron chi connectivity index (χ2n) is 8.83. The number of rotatable bonds is 7. The maximum absolute atomic E-state index is 6.35. The molecule has 0 saturated carbocycles. The predicted molar refractivity (Wildman–Crippen MR) is 119 cm³/mol. The van der Waals surface area contributed by atoms with Crippen molar-refractivity contribution in [2.45, 2.75) is 60.7 Å². The summed E-state index contributed by atoms with van der Waals surface area (Å²) in [4.78, 5) is 0. The first-order valence-corrected chi connectivity index (χ1v) is 10.8. The van der Waals surface area contributed by atoms with Crippen LogP contribution < -0.4 is 0 Å². The number of allylic oxidation sites excluding steroid dienone is 4. The standard InChI is InChI=1S/C27H34O2/c1-18(2)26-14-25(28-17-24-13-19(3)11-12-21(24)5)15-27(22(26)6)29-16-23-10-8-7-9-20(23)4/h9-12,14-15,18-19,22,27H,13,16-17H2,1-6H3. The molecule has 0 spiro atoms. The van der Waals surface area contributed by atoms with E-state index in [4.69, 9.17) is 9.47 Å². The molecule has 2 nitrogen and oxygen atoms in total. The highest BCUT2D eigenvalue weighted by molar-refractivity contribution is 5.32. The summed E-state index contributed by atoms with van der Waals surface area (Å²) in [5.41, 5.74) is 6.47. The van der Waals surface area contributed by atoms with Crippen molar-refractivity contribution in [2.24, 2.45) is 17.8 Å². The first-order chi connectivity index (χ1) is 13.8. The molecule has 0 fully saturated rings. The highest BCUT2D eigenvalue weighted by Gasteiger charge is 2.27. The van der Waals surface area contributed by atoms with E-state index >= 15 is 0 Å². The number of hydrogen-bond donors (Lipinski definition) is 0. The third-order valence-corrected chi connectivity index (χ3v) is 6.09. The van der Waals surface area contributed by atoms with Crippen molar-refractivity contribution >= 4 is 0 Å². The van der Waals surface area contributed by atoms with Crippen molar-refractivity contribution in [3.63, 3.8) is 0 Å². The first-order valence-electron chi connectivity index (χ1n) is 10.8. The molecule has 1 aromatic rings. The van der Waals surface area contributed by atoms with Gasteiger partial charge in [0.2, 0.25) is 0 Å². The van der Waals surface area contributed by atoms with Crippen LogP contribution in [0.3, 0.4) is 0 Å². The van der Waals surface area contributed by atoms with Crippen molar-refractivity contribution in [2.75, 3.05) is 6.61 Å². The van der Waals surface area contributed by atoms with Crippen molar-refractivity contribution in [1.82, 2.24) is 0 Å². The Labute approximate surface area is 177 Å². The monoisotopic (exact) mass is 390 g/mol. The maximum atomic E-state index is 6.35. The molecule has 0 heterocycles. The normalized spacial score (nSPS) is 24.3. The van der Waals surface area contributed by atoms with E-state index in [0.717, 1.165) is 17.7 Å². The van der Waals surface area contributed by atoms with Crippen LogP contribution in [-0.2, 0) is 16.1 Å². The van der Waals surface area contributed by atoms with Crippen molar-refractivity contribution < 1.29 is 9.47 Å². The molecule has 0 radical (unpaired) electrons. The third-order valence-electron chi connectivity index (χ3n) is 6.09. The minimum absolute atomic E-state index is 0.0104. The smallest absolute Gasteiger partial charge is 0.118 e. The lowest BCUT2D eigenvalue weighted by atomic mass is 9.83. The van der Waals surface area contributed by atoms with Crippen LogP contribution in [0.25, 0.3) is 0 Å². The summed E-state index contributed by atoms with van der Waals surface area (Å²) in [6, 6.07) is 9.96. The summed E-state index contributed by atoms with van der Waals surface area (Å²) in [6.07, 6.45) is 9.97. The Morgan fingerprint density at radius 2 is 1.86 bits per heavy atom. The minimum Gasteiger partial charge on any atom is -0.489 e. The van der Waals surface area contributed by atoms with Crippen molar-refractivity contribution in [3.8, 4) is 0 Å². The predicted octanol–water partition coefficient (Wildman–Crippen LogP) is 6.53. The van der Waals surface area contributed by atoms with Gasteiger partial charge in [-0.05, 0) is 78.7 Å². The summed E-state index contributed by atoms with van der Waals surface area (Å²) < 4.78 is 12.6. The second-order valence-corrected chi connectivity index (χ2v) is 8.83. The Hall–Kier alpha value is -2.24. The van der Waals surface area contributed by atoms with E-state index < -0.39 is 0 Å². The molecular weight excluding hydrogens is 356 g/mol. The van der Waals surface area contributed by atoms with Gasteiger partial charge in [-0.2, -0.15) is 0 Å². The molecule has 0 aromatic heterocycles. The zero-order chi connectivity index (χ0) is 21.0. The van der Waals surface area contributed by atoms with Gasteiger partial charge >= 0.3 is 0 Å². The summed E-state index contributed by atoms with van der Waals surface area (Å²) in [6.45, 7) is 14.5. The van der Waals surface area contributed by atoms with Gasteiger partial charge in [0.15, 0.2) is 0 Å². The lowest BCUT2D eigenvalue weighted by molar-refractivity contribution is 0.0396. The Balaban J connectivity index is 1.73. The second kappa shape index (κ2) is 9.51. The maximum Gasteiger partial charge on any atom is 0.118 e. The van der Waals surface area contributed by atoms with Gasteiger partial charge in [0.05, 0.1) is 12.7 Å². The van der Waals surface area contributed by atoms with Gasteiger partial charge in [-0.15, -0.1) is 0 Å². The highest BCUT2D eigenvalue weighted by atomic mass is 16.5. The molecule has 2 heteroatoms. The van der Waals surface area contributed by atoms with E-state index in [9.17, 15) is 0 Å². The van der Waals surface area contributed by atoms with E-state index in [2.05, 4.69) is 78.0 Å². The molecule has 0 N–H and O–H groups in total. The Bertz CT molecular complexity index is 838. The van der Waals surface area contributed by atoms with Gasteiger partial charge in [0.1, 0.15) is 12.4 Å². The molecule has 154 valence electrons. The molecule has 0 amide bonds. The summed E-state index contributed by atoms with van der Waals surface area (Å²) in [7, 11) is 0. The van der Waals surface area contributed by atoms with E-state index in [1.165, 1.54) is 22.3 Å². The van der Waals surface area contributed by atoms with Crippen LogP contribution in [0.1, 0.15) is 52.2 Å². The zero-order valence-electron chi connectivity index (χ0n) is 18.7. The summed E-state index contributed by atoms with van der Waals surface area (Å²) in [5, 5.41) is 0. The van der Waals surface area contributed by atoms with Crippen LogP contribution in [0.2, 0.25) is 0 Å². The van der Waals surface area contributed by atoms with E-state index in [0.29, 0.717) is 31.0 Å². The molecule has 0 aliphatic heterocycles. The summed E-state index contributed by atoms with van der Waals surface area (Å²) >= 11 is 0. The molecule has 2 aliphatic carbocycles. The van der Waals surface area contributed by atoms with Crippen LogP contribution in [0.5, 0.6) is 0 Å². The molecule has 3 atom stereocenters. The Morgan fingerprint density at radius 1 is 1.10 bits per heavy atom. The molecule has 0 bridgehead atoms. The van der Waals surface area contributed by atoms with Gasteiger partial charge in [-0.25, -0.2) is 0 Å². The largest absolute Gasteiger partial charge is 0.489 e. The fourth-order valence-electron chi connectivity index (χ4n) is 4.03. The van der Waals surface area contributed by atoms with Crippen molar-refractivity contribution in [1.29, 1.82) is 0 Å². The SMILES string of the molecule is CC1=C(COC2=CC(OCc3cc#ccc3C)C(C)C(C(C)C)=C2)CC(C)C=C1. The molecule has 0 saturated heterocycles. The Morgan fingerprint density at radius 3 is 2.59 bits per heavy atom. The third kappa shape index (κ3) is 5.43. The Kier molecular flexibility index (Phi) is 7.04. The van der Waals surface area contributed by atoms with Crippen LogP contribution >= 0.6 is 0 Å². The van der Waals surface area contributed by atoms with Gasteiger partial charge in [0, 0.05) is 5.92 Å². The molecule has 2 aliphatic rings. The molecule has 3 unspecified atom stereocenters. The lowest BCUT2D eigenvalue weighted by Crippen LogP contribution is -2.27. The highest BCUT2D eigenvalue weighted by Crippen LogP contribution is 2.33. The van der Waals surface area contributed by atoms with Crippen LogP contribution in [0.15, 0.2) is 58.9 Å². The number of hydrogen-bond acceptors (Lipinski definition) is 2. The van der Waals surface area contributed by atoms with Gasteiger partial charge < -0.3 is 9.47 Å². The average Bonchev–Trinajstić information content (AvgIpc) is 2.69. The fourth-order valence-corrected chi connectivity index (χ4v) is 4.03. The van der Waals surface area contributed by atoms with E-state index in [-0.39, 0.29) is 6.10 Å². The van der Waals surface area contributed by atoms with Gasteiger partial charge in [-0.3, -0.25) is 0 Å².